The number of hydrogen-bond acceptors (Lipinski definition) is 4. The lowest BCUT2D eigenvalue weighted by Gasteiger charge is -2.01. The second-order valence-electron chi connectivity index (χ2n) is 4.02. The Morgan fingerprint density at radius 2 is 2.21 bits per heavy atom. The molecule has 0 radical (unpaired) electrons. The van der Waals surface area contributed by atoms with Crippen molar-refractivity contribution in [1.29, 1.82) is 0 Å². The molecule has 0 spiro atoms. The topological polar surface area (TPSA) is 79.3 Å². The van der Waals surface area contributed by atoms with E-state index < -0.39 is 5.97 Å². The molecule has 6 heteroatoms. The van der Waals surface area contributed by atoms with Gasteiger partial charge in [-0.25, -0.2) is 9.78 Å². The van der Waals surface area contributed by atoms with Gasteiger partial charge in [-0.1, -0.05) is 0 Å². The van der Waals surface area contributed by atoms with Gasteiger partial charge in [0.25, 0.3) is 0 Å². The number of rotatable bonds is 7. The van der Waals surface area contributed by atoms with Crippen molar-refractivity contribution < 1.29 is 14.7 Å². The molecule has 2 N–H and O–H groups in total. The maximum Gasteiger partial charge on any atom is 0.347 e. The number of carbonyl (C=O) groups excluding carboxylic acids is 1. The average molecular weight is 280 g/mol. The first-order valence-corrected chi connectivity index (χ1v) is 6.76. The zero-order valence-corrected chi connectivity index (χ0v) is 11.5. The third-order valence-corrected chi connectivity index (χ3v) is 3.59. The highest BCUT2D eigenvalue weighted by Crippen LogP contribution is 2.17. The Bertz CT molecular complexity index is 502. The highest BCUT2D eigenvalue weighted by atomic mass is 32.1. The number of terminal acetylenes is 1. The maximum absolute atomic E-state index is 11.5. The Morgan fingerprint density at radius 3 is 2.79 bits per heavy atom. The molecule has 5 nitrogen and oxygen atoms in total. The Morgan fingerprint density at radius 1 is 1.47 bits per heavy atom. The van der Waals surface area contributed by atoms with Crippen LogP contribution in [-0.2, 0) is 11.3 Å². The summed E-state index contributed by atoms with van der Waals surface area (Å²) in [5, 5.41) is 12.2. The molecule has 1 heterocycles. The quantitative estimate of drug-likeness (QED) is 0.591. The first-order valence-electron chi connectivity index (χ1n) is 5.94. The van der Waals surface area contributed by atoms with Crippen LogP contribution in [0.5, 0.6) is 0 Å². The number of aryl methyl sites for hydroxylation is 1. The monoisotopic (exact) mass is 280 g/mol. The standard InChI is InChI=1S/C13H16N2O3S/c1-3-4-5-6-7-10(16)14-8-11-15-9(2)12(19-11)13(17)18/h1H,4-8H2,2H3,(H,14,16)(H,17,18). The van der Waals surface area contributed by atoms with E-state index in [0.29, 0.717) is 23.5 Å². The van der Waals surface area contributed by atoms with Crippen LogP contribution in [0.4, 0.5) is 0 Å². The summed E-state index contributed by atoms with van der Waals surface area (Å²) in [7, 11) is 0. The smallest absolute Gasteiger partial charge is 0.347 e. The molecule has 0 bridgehead atoms. The number of hydrogen-bond donors (Lipinski definition) is 2. The van der Waals surface area contributed by atoms with Crippen LogP contribution >= 0.6 is 11.3 Å². The van der Waals surface area contributed by atoms with Crippen LogP contribution in [0.15, 0.2) is 0 Å². The van der Waals surface area contributed by atoms with Gasteiger partial charge >= 0.3 is 5.97 Å². The number of aromatic nitrogens is 1. The van der Waals surface area contributed by atoms with Crippen molar-refractivity contribution in [3.8, 4) is 12.3 Å². The molecule has 19 heavy (non-hydrogen) atoms. The summed E-state index contributed by atoms with van der Waals surface area (Å²) in [4.78, 5) is 26.7. The number of nitrogens with zero attached hydrogens (tertiary/aromatic N) is 1. The number of carboxylic acids is 1. The number of carbonyl (C=O) groups is 2. The summed E-state index contributed by atoms with van der Waals surface area (Å²) >= 11 is 1.09. The summed E-state index contributed by atoms with van der Waals surface area (Å²) < 4.78 is 0. The summed E-state index contributed by atoms with van der Waals surface area (Å²) in [5.41, 5.74) is 0.482. The van der Waals surface area contributed by atoms with E-state index in [1.807, 2.05) is 0 Å². The highest BCUT2D eigenvalue weighted by Gasteiger charge is 2.14. The molecule has 1 aromatic rings. The molecule has 0 aliphatic carbocycles. The van der Waals surface area contributed by atoms with Gasteiger partial charge in [-0.2, -0.15) is 0 Å². The summed E-state index contributed by atoms with van der Waals surface area (Å²) in [6.45, 7) is 1.91. The molecular weight excluding hydrogens is 264 g/mol. The Kier molecular flexibility index (Phi) is 6.03. The van der Waals surface area contributed by atoms with Crippen LogP contribution in [0, 0.1) is 19.3 Å². The van der Waals surface area contributed by atoms with Gasteiger partial charge in [0.2, 0.25) is 5.91 Å². The normalized spacial score (nSPS) is 9.89. The number of thiazole rings is 1. The van der Waals surface area contributed by atoms with Gasteiger partial charge in [-0.15, -0.1) is 23.7 Å². The van der Waals surface area contributed by atoms with E-state index >= 15 is 0 Å². The van der Waals surface area contributed by atoms with Gasteiger partial charge in [-0.3, -0.25) is 4.79 Å². The SMILES string of the molecule is C#CCCCCC(=O)NCc1nc(C)c(C(=O)O)s1. The second kappa shape index (κ2) is 7.54. The minimum atomic E-state index is -0.984. The molecule has 0 saturated carbocycles. The fourth-order valence-corrected chi connectivity index (χ4v) is 2.34. The van der Waals surface area contributed by atoms with Gasteiger partial charge in [0.1, 0.15) is 9.88 Å². The van der Waals surface area contributed by atoms with Crippen molar-refractivity contribution in [2.24, 2.45) is 0 Å². The van der Waals surface area contributed by atoms with E-state index in [2.05, 4.69) is 16.2 Å². The van der Waals surface area contributed by atoms with Crippen molar-refractivity contribution >= 4 is 23.2 Å². The minimum absolute atomic E-state index is 0.0678. The number of amides is 1. The van der Waals surface area contributed by atoms with E-state index in [4.69, 9.17) is 11.5 Å². The molecule has 0 aromatic carbocycles. The molecule has 0 saturated heterocycles. The Balaban J connectivity index is 2.36. The lowest BCUT2D eigenvalue weighted by Crippen LogP contribution is -2.22. The molecule has 0 aliphatic heterocycles. The molecule has 1 rings (SSSR count). The van der Waals surface area contributed by atoms with E-state index in [-0.39, 0.29) is 17.3 Å². The molecule has 0 unspecified atom stereocenters. The van der Waals surface area contributed by atoms with E-state index in [9.17, 15) is 9.59 Å². The largest absolute Gasteiger partial charge is 0.477 e. The van der Waals surface area contributed by atoms with Crippen molar-refractivity contribution in [3.63, 3.8) is 0 Å². The van der Waals surface area contributed by atoms with Crippen LogP contribution in [0.1, 0.15) is 46.1 Å². The lowest BCUT2D eigenvalue weighted by atomic mass is 10.2. The predicted octanol–water partition coefficient (Wildman–Crippen LogP) is 1.96. The number of carboxylic acid groups (broad SMARTS) is 1. The second-order valence-corrected chi connectivity index (χ2v) is 5.10. The molecule has 1 aromatic heterocycles. The first kappa shape index (κ1) is 15.2. The van der Waals surface area contributed by atoms with Crippen LogP contribution < -0.4 is 5.32 Å². The fraction of sp³-hybridized carbons (Fsp3) is 0.462. The number of aromatic carboxylic acids is 1. The lowest BCUT2D eigenvalue weighted by molar-refractivity contribution is -0.121. The van der Waals surface area contributed by atoms with Crippen molar-refractivity contribution in [1.82, 2.24) is 10.3 Å². The molecule has 102 valence electrons. The predicted molar refractivity (Wildman–Crippen MR) is 73.0 cm³/mol. The zero-order chi connectivity index (χ0) is 14.3. The van der Waals surface area contributed by atoms with Gasteiger partial charge in [-0.05, 0) is 19.8 Å². The number of nitrogens with one attached hydrogen (secondary N) is 1. The van der Waals surface area contributed by atoms with Gasteiger partial charge in [0, 0.05) is 12.8 Å². The van der Waals surface area contributed by atoms with Crippen LogP contribution in [0.25, 0.3) is 0 Å². The van der Waals surface area contributed by atoms with Gasteiger partial charge in [0.05, 0.1) is 12.2 Å². The number of unbranched alkanes of at least 4 members (excludes halogenated alkanes) is 2. The third kappa shape index (κ3) is 5.10. The van der Waals surface area contributed by atoms with Gasteiger partial charge < -0.3 is 10.4 Å². The van der Waals surface area contributed by atoms with E-state index in [1.165, 1.54) is 0 Å². The Hall–Kier alpha value is -1.87. The molecule has 0 atom stereocenters. The molecular formula is C13H16N2O3S. The summed E-state index contributed by atoms with van der Waals surface area (Å²) in [5.74, 6) is 1.47. The van der Waals surface area contributed by atoms with Crippen LogP contribution in [-0.4, -0.2) is 22.0 Å². The average Bonchev–Trinajstić information content (AvgIpc) is 2.74. The van der Waals surface area contributed by atoms with Crippen LogP contribution in [0.3, 0.4) is 0 Å². The first-order chi connectivity index (χ1) is 9.04. The Labute approximate surface area is 116 Å². The van der Waals surface area contributed by atoms with Gasteiger partial charge in [0.15, 0.2) is 0 Å². The minimum Gasteiger partial charge on any atom is -0.477 e. The zero-order valence-electron chi connectivity index (χ0n) is 10.7. The molecule has 0 fully saturated rings. The van der Waals surface area contributed by atoms with Crippen LogP contribution in [0.2, 0.25) is 0 Å². The van der Waals surface area contributed by atoms with E-state index in [1.54, 1.807) is 6.92 Å². The highest BCUT2D eigenvalue weighted by molar-refractivity contribution is 7.13. The van der Waals surface area contributed by atoms with E-state index in [0.717, 1.165) is 24.2 Å². The molecule has 1 amide bonds. The maximum atomic E-state index is 11.5. The summed E-state index contributed by atoms with van der Waals surface area (Å²) in [6.07, 6.45) is 7.82. The molecule has 0 aliphatic rings. The van der Waals surface area contributed by atoms with Crippen molar-refractivity contribution in [3.05, 3.63) is 15.6 Å². The third-order valence-electron chi connectivity index (χ3n) is 2.45. The fourth-order valence-electron chi connectivity index (χ4n) is 1.50. The van der Waals surface area contributed by atoms with Crippen molar-refractivity contribution in [2.75, 3.05) is 0 Å². The summed E-state index contributed by atoms with van der Waals surface area (Å²) in [6, 6.07) is 0. The van der Waals surface area contributed by atoms with Crippen molar-refractivity contribution in [2.45, 2.75) is 39.2 Å².